The number of rotatable bonds is 14. The fourth-order valence-corrected chi connectivity index (χ4v) is 2.34. The Labute approximate surface area is 115 Å². The van der Waals surface area contributed by atoms with Crippen molar-refractivity contribution >= 4 is 0 Å². The van der Waals surface area contributed by atoms with Gasteiger partial charge in [0.15, 0.2) is 0 Å². The Bertz CT molecular complexity index is 148. The molecule has 18 heavy (non-hydrogen) atoms. The van der Waals surface area contributed by atoms with E-state index in [1.165, 1.54) is 70.8 Å². The van der Waals surface area contributed by atoms with Crippen molar-refractivity contribution in [1.82, 2.24) is 4.90 Å². The van der Waals surface area contributed by atoms with E-state index in [-0.39, 0.29) is 0 Å². The fraction of sp³-hybridized carbons (Fsp3) is 1.00. The zero-order valence-corrected chi connectivity index (χ0v) is 12.9. The number of hydrogen-bond acceptors (Lipinski definition) is 2. The Balaban J connectivity index is 3.02. The van der Waals surface area contributed by atoms with Crippen molar-refractivity contribution < 1.29 is 0 Å². The molecule has 0 saturated heterocycles. The normalized spacial score (nSPS) is 11.3. The van der Waals surface area contributed by atoms with Gasteiger partial charge in [-0.15, -0.1) is 0 Å². The molecule has 0 aromatic heterocycles. The highest BCUT2D eigenvalue weighted by Gasteiger charge is 1.97. The van der Waals surface area contributed by atoms with Crippen LogP contribution in [0.1, 0.15) is 77.6 Å². The van der Waals surface area contributed by atoms with Gasteiger partial charge in [-0.2, -0.15) is 0 Å². The van der Waals surface area contributed by atoms with E-state index in [9.17, 15) is 0 Å². The SMILES string of the molecule is CCCCCCCCCCCCN(C)CCCN. The first-order valence-electron chi connectivity index (χ1n) is 8.20. The molecule has 0 fully saturated rings. The van der Waals surface area contributed by atoms with Crippen LogP contribution < -0.4 is 5.73 Å². The molecule has 2 heteroatoms. The highest BCUT2D eigenvalue weighted by atomic mass is 15.1. The van der Waals surface area contributed by atoms with E-state index in [2.05, 4.69) is 18.9 Å². The van der Waals surface area contributed by atoms with Gasteiger partial charge in [0.2, 0.25) is 0 Å². The van der Waals surface area contributed by atoms with Crippen molar-refractivity contribution in [3.8, 4) is 0 Å². The van der Waals surface area contributed by atoms with Crippen LogP contribution in [-0.4, -0.2) is 31.6 Å². The average Bonchev–Trinajstić information content (AvgIpc) is 2.38. The first-order valence-corrected chi connectivity index (χ1v) is 8.20. The van der Waals surface area contributed by atoms with Gasteiger partial charge in [0, 0.05) is 0 Å². The van der Waals surface area contributed by atoms with Gasteiger partial charge in [0.1, 0.15) is 0 Å². The lowest BCUT2D eigenvalue weighted by Gasteiger charge is -2.15. The molecule has 2 nitrogen and oxygen atoms in total. The van der Waals surface area contributed by atoms with Crippen LogP contribution >= 0.6 is 0 Å². The molecular weight excluding hydrogens is 220 g/mol. The van der Waals surface area contributed by atoms with Crippen LogP contribution in [0.5, 0.6) is 0 Å². The summed E-state index contributed by atoms with van der Waals surface area (Å²) in [7, 11) is 2.21. The van der Waals surface area contributed by atoms with Gasteiger partial charge in [0.25, 0.3) is 0 Å². The molecule has 0 aromatic rings. The van der Waals surface area contributed by atoms with Crippen molar-refractivity contribution in [3.05, 3.63) is 0 Å². The second-order valence-corrected chi connectivity index (χ2v) is 5.63. The van der Waals surface area contributed by atoms with Gasteiger partial charge in [-0.05, 0) is 39.5 Å². The van der Waals surface area contributed by atoms with E-state index in [1.807, 2.05) is 0 Å². The minimum Gasteiger partial charge on any atom is -0.330 e. The van der Waals surface area contributed by atoms with Gasteiger partial charge in [-0.25, -0.2) is 0 Å². The van der Waals surface area contributed by atoms with E-state index in [0.29, 0.717) is 0 Å². The summed E-state index contributed by atoms with van der Waals surface area (Å²) < 4.78 is 0. The lowest BCUT2D eigenvalue weighted by Crippen LogP contribution is -2.22. The van der Waals surface area contributed by atoms with Gasteiger partial charge >= 0.3 is 0 Å². The fourth-order valence-electron chi connectivity index (χ4n) is 2.34. The Morgan fingerprint density at radius 3 is 1.61 bits per heavy atom. The second kappa shape index (κ2) is 15.0. The molecule has 110 valence electrons. The third kappa shape index (κ3) is 14.0. The molecule has 0 aromatic carbocycles. The van der Waals surface area contributed by atoms with Crippen molar-refractivity contribution in [2.75, 3.05) is 26.7 Å². The maximum Gasteiger partial charge on any atom is -0.000977 e. The van der Waals surface area contributed by atoms with Gasteiger partial charge < -0.3 is 10.6 Å². The number of nitrogens with two attached hydrogens (primary N) is 1. The van der Waals surface area contributed by atoms with Crippen molar-refractivity contribution in [1.29, 1.82) is 0 Å². The summed E-state index contributed by atoms with van der Waals surface area (Å²) in [5.74, 6) is 0. The van der Waals surface area contributed by atoms with Crippen LogP contribution in [0.2, 0.25) is 0 Å². The van der Waals surface area contributed by atoms with Crippen LogP contribution in [0.25, 0.3) is 0 Å². The second-order valence-electron chi connectivity index (χ2n) is 5.63. The Kier molecular flexibility index (Phi) is 14.9. The van der Waals surface area contributed by atoms with E-state index < -0.39 is 0 Å². The first-order chi connectivity index (χ1) is 8.81. The summed E-state index contributed by atoms with van der Waals surface area (Å²) in [6.45, 7) is 5.51. The summed E-state index contributed by atoms with van der Waals surface area (Å²) in [6.07, 6.45) is 15.4. The predicted molar refractivity (Wildman–Crippen MR) is 83.0 cm³/mol. The molecule has 0 heterocycles. The summed E-state index contributed by atoms with van der Waals surface area (Å²) in [5.41, 5.74) is 5.50. The summed E-state index contributed by atoms with van der Waals surface area (Å²) in [6, 6.07) is 0. The van der Waals surface area contributed by atoms with Crippen molar-refractivity contribution in [2.45, 2.75) is 77.6 Å². The van der Waals surface area contributed by atoms with Crippen LogP contribution in [0, 0.1) is 0 Å². The number of hydrogen-bond donors (Lipinski definition) is 1. The smallest absolute Gasteiger partial charge is 0.000977 e. The van der Waals surface area contributed by atoms with Gasteiger partial charge in [0.05, 0.1) is 0 Å². The Hall–Kier alpha value is -0.0800. The maximum atomic E-state index is 5.50. The Morgan fingerprint density at radius 2 is 1.11 bits per heavy atom. The molecular formula is C16H36N2. The zero-order chi connectivity index (χ0) is 13.5. The monoisotopic (exact) mass is 256 g/mol. The van der Waals surface area contributed by atoms with E-state index >= 15 is 0 Å². The molecule has 0 aliphatic carbocycles. The third-order valence-corrected chi connectivity index (χ3v) is 3.64. The minimum atomic E-state index is 0.822. The molecule has 0 unspecified atom stereocenters. The molecule has 0 radical (unpaired) electrons. The summed E-state index contributed by atoms with van der Waals surface area (Å²) in [4.78, 5) is 2.41. The molecule has 0 rings (SSSR count). The highest BCUT2D eigenvalue weighted by Crippen LogP contribution is 2.10. The van der Waals surface area contributed by atoms with E-state index in [1.54, 1.807) is 0 Å². The van der Waals surface area contributed by atoms with Crippen molar-refractivity contribution in [2.24, 2.45) is 5.73 Å². The molecule has 0 aliphatic rings. The Morgan fingerprint density at radius 1 is 0.667 bits per heavy atom. The molecule has 0 saturated carbocycles. The van der Waals surface area contributed by atoms with Gasteiger partial charge in [-0.1, -0.05) is 64.7 Å². The summed E-state index contributed by atoms with van der Waals surface area (Å²) >= 11 is 0. The predicted octanol–water partition coefficient (Wildman–Crippen LogP) is 4.19. The average molecular weight is 256 g/mol. The first kappa shape index (κ1) is 17.9. The van der Waals surface area contributed by atoms with Crippen LogP contribution in [0.4, 0.5) is 0 Å². The van der Waals surface area contributed by atoms with E-state index in [0.717, 1.165) is 19.5 Å². The molecule has 0 bridgehead atoms. The topological polar surface area (TPSA) is 29.3 Å². The largest absolute Gasteiger partial charge is 0.330 e. The molecule has 2 N–H and O–H groups in total. The molecule has 0 spiro atoms. The van der Waals surface area contributed by atoms with E-state index in [4.69, 9.17) is 5.73 Å². The molecule has 0 aliphatic heterocycles. The lowest BCUT2D eigenvalue weighted by atomic mass is 10.1. The van der Waals surface area contributed by atoms with Crippen molar-refractivity contribution in [3.63, 3.8) is 0 Å². The van der Waals surface area contributed by atoms with Crippen LogP contribution in [-0.2, 0) is 0 Å². The quantitative estimate of drug-likeness (QED) is 0.472. The standard InChI is InChI=1S/C16H36N2/c1-3-4-5-6-7-8-9-10-11-12-15-18(2)16-13-14-17/h3-17H2,1-2H3. The van der Waals surface area contributed by atoms with Crippen LogP contribution in [0.15, 0.2) is 0 Å². The van der Waals surface area contributed by atoms with Crippen LogP contribution in [0.3, 0.4) is 0 Å². The summed E-state index contributed by atoms with van der Waals surface area (Å²) in [5, 5.41) is 0. The third-order valence-electron chi connectivity index (χ3n) is 3.64. The number of nitrogens with zero attached hydrogens (tertiary/aromatic N) is 1. The molecule has 0 atom stereocenters. The molecule has 0 amide bonds. The minimum absolute atomic E-state index is 0.822. The van der Waals surface area contributed by atoms with Gasteiger partial charge in [-0.3, -0.25) is 0 Å². The number of unbranched alkanes of at least 4 members (excludes halogenated alkanes) is 9. The zero-order valence-electron chi connectivity index (χ0n) is 12.9. The maximum absolute atomic E-state index is 5.50. The highest BCUT2D eigenvalue weighted by molar-refractivity contribution is 4.53. The lowest BCUT2D eigenvalue weighted by molar-refractivity contribution is 0.321.